The molecule has 148 valence electrons. The predicted molar refractivity (Wildman–Crippen MR) is 95.3 cm³/mol. The summed E-state index contributed by atoms with van der Waals surface area (Å²) in [6.45, 7) is -0.818. The van der Waals surface area contributed by atoms with Gasteiger partial charge in [0.25, 0.3) is 11.8 Å². The van der Waals surface area contributed by atoms with E-state index in [1.54, 1.807) is 0 Å². The Bertz CT molecular complexity index is 940. The number of benzene rings is 2. The lowest BCUT2D eigenvalue weighted by molar-refractivity contribution is -0.125. The van der Waals surface area contributed by atoms with Crippen LogP contribution in [0, 0.1) is 11.6 Å². The van der Waals surface area contributed by atoms with Crippen molar-refractivity contribution in [3.05, 3.63) is 63.1 Å². The highest BCUT2D eigenvalue weighted by molar-refractivity contribution is 6.33. The van der Waals surface area contributed by atoms with Crippen LogP contribution in [0.25, 0.3) is 0 Å². The average molecular weight is 433 g/mol. The lowest BCUT2D eigenvalue weighted by Gasteiger charge is -2.11. The molecule has 0 bridgehead atoms. The number of carbonyl (C=O) groups is 3. The summed E-state index contributed by atoms with van der Waals surface area (Å²) in [7, 11) is 1.35. The maximum atomic E-state index is 13.2. The molecule has 0 aromatic heterocycles. The van der Waals surface area contributed by atoms with Gasteiger partial charge >= 0.3 is 5.97 Å². The van der Waals surface area contributed by atoms with Gasteiger partial charge in [0.05, 0.1) is 23.3 Å². The topological polar surface area (TPSA) is 93.7 Å². The largest absolute Gasteiger partial charge is 0.496 e. The second kappa shape index (κ2) is 9.34. The van der Waals surface area contributed by atoms with Crippen molar-refractivity contribution < 1.29 is 32.6 Å². The van der Waals surface area contributed by atoms with E-state index in [2.05, 4.69) is 10.2 Å². The molecule has 2 aromatic carbocycles. The maximum absolute atomic E-state index is 13.2. The van der Waals surface area contributed by atoms with Crippen molar-refractivity contribution >= 4 is 41.0 Å². The van der Waals surface area contributed by atoms with Crippen LogP contribution >= 0.6 is 23.2 Å². The number of hydrogen-bond donors (Lipinski definition) is 2. The van der Waals surface area contributed by atoms with Crippen molar-refractivity contribution in [3.63, 3.8) is 0 Å². The van der Waals surface area contributed by atoms with Crippen LogP contribution in [0.4, 0.5) is 8.78 Å². The molecule has 0 aliphatic heterocycles. The van der Waals surface area contributed by atoms with E-state index in [0.29, 0.717) is 12.1 Å². The minimum atomic E-state index is -1.30. The number of hydrazine groups is 1. The second-order valence-corrected chi connectivity index (χ2v) is 6.01. The minimum absolute atomic E-state index is 0.0564. The molecule has 0 saturated carbocycles. The van der Waals surface area contributed by atoms with Gasteiger partial charge < -0.3 is 9.47 Å². The smallest absolute Gasteiger partial charge is 0.340 e. The van der Waals surface area contributed by atoms with Gasteiger partial charge in [-0.1, -0.05) is 23.2 Å². The van der Waals surface area contributed by atoms with Gasteiger partial charge in [-0.25, -0.2) is 13.6 Å². The molecule has 0 atom stereocenters. The third kappa shape index (κ3) is 5.30. The molecule has 2 amide bonds. The summed E-state index contributed by atoms with van der Waals surface area (Å²) < 4.78 is 35.9. The summed E-state index contributed by atoms with van der Waals surface area (Å²) in [5.41, 5.74) is 3.70. The van der Waals surface area contributed by atoms with E-state index in [1.807, 2.05) is 5.43 Å². The number of rotatable bonds is 5. The fourth-order valence-corrected chi connectivity index (χ4v) is 2.37. The third-order valence-corrected chi connectivity index (χ3v) is 3.83. The molecule has 0 spiro atoms. The highest BCUT2D eigenvalue weighted by Gasteiger charge is 2.18. The zero-order chi connectivity index (χ0) is 20.8. The number of esters is 1. The van der Waals surface area contributed by atoms with Gasteiger partial charge in [0.15, 0.2) is 18.2 Å². The molecule has 2 rings (SSSR count). The van der Waals surface area contributed by atoms with E-state index in [1.165, 1.54) is 25.3 Å². The van der Waals surface area contributed by atoms with Gasteiger partial charge in [0.1, 0.15) is 5.75 Å². The number of carbonyl (C=O) groups excluding carboxylic acids is 3. The van der Waals surface area contributed by atoms with Crippen LogP contribution in [0.3, 0.4) is 0 Å². The van der Waals surface area contributed by atoms with E-state index in [9.17, 15) is 23.2 Å². The van der Waals surface area contributed by atoms with Gasteiger partial charge in [-0.2, -0.15) is 0 Å². The molecule has 0 aliphatic rings. The standard InChI is InChI=1S/C17H12Cl2F2N2O5/c1-27-14-3-2-8(18)4-10(14)16(25)23-22-15(24)7-28-17(26)9-5-12(20)13(21)6-11(9)19/h2-6H,7H2,1H3,(H,22,24)(H,23,25). The van der Waals surface area contributed by atoms with Gasteiger partial charge in [-0.05, 0) is 30.3 Å². The highest BCUT2D eigenvalue weighted by atomic mass is 35.5. The zero-order valence-corrected chi connectivity index (χ0v) is 15.7. The lowest BCUT2D eigenvalue weighted by Crippen LogP contribution is -2.43. The Morgan fingerprint density at radius 3 is 2.36 bits per heavy atom. The van der Waals surface area contributed by atoms with E-state index in [-0.39, 0.29) is 21.4 Å². The average Bonchev–Trinajstić information content (AvgIpc) is 2.66. The molecular formula is C17H12Cl2F2N2O5. The summed E-state index contributed by atoms with van der Waals surface area (Å²) in [4.78, 5) is 35.6. The van der Waals surface area contributed by atoms with Crippen molar-refractivity contribution in [2.24, 2.45) is 0 Å². The maximum Gasteiger partial charge on any atom is 0.340 e. The summed E-state index contributed by atoms with van der Waals surface area (Å²) in [6, 6.07) is 5.45. The van der Waals surface area contributed by atoms with Gasteiger partial charge in [-0.15, -0.1) is 0 Å². The SMILES string of the molecule is COc1ccc(Cl)cc1C(=O)NNC(=O)COC(=O)c1cc(F)c(F)cc1Cl. The lowest BCUT2D eigenvalue weighted by atomic mass is 10.2. The van der Waals surface area contributed by atoms with E-state index >= 15 is 0 Å². The molecule has 0 saturated heterocycles. The number of amides is 2. The first-order valence-electron chi connectivity index (χ1n) is 7.47. The molecule has 0 radical (unpaired) electrons. The molecule has 2 N–H and O–H groups in total. The summed E-state index contributed by atoms with van der Waals surface area (Å²) >= 11 is 11.5. The molecule has 0 heterocycles. The number of ether oxygens (including phenoxy) is 2. The van der Waals surface area contributed by atoms with Crippen LogP contribution in [0.1, 0.15) is 20.7 Å². The Morgan fingerprint density at radius 2 is 1.68 bits per heavy atom. The zero-order valence-electron chi connectivity index (χ0n) is 14.1. The molecule has 2 aromatic rings. The normalized spacial score (nSPS) is 10.2. The van der Waals surface area contributed by atoms with Crippen LogP contribution in [0.15, 0.2) is 30.3 Å². The van der Waals surface area contributed by atoms with Gasteiger partial charge in [0, 0.05) is 5.02 Å². The Labute approximate surface area is 167 Å². The third-order valence-electron chi connectivity index (χ3n) is 3.29. The fourth-order valence-electron chi connectivity index (χ4n) is 1.98. The van der Waals surface area contributed by atoms with Crippen molar-refractivity contribution in [2.45, 2.75) is 0 Å². The molecule has 0 aliphatic carbocycles. The van der Waals surface area contributed by atoms with E-state index in [0.717, 1.165) is 0 Å². The number of methoxy groups -OCH3 is 1. The molecule has 7 nitrogen and oxygen atoms in total. The quantitative estimate of drug-likeness (QED) is 0.430. The Hall–Kier alpha value is -2.91. The van der Waals surface area contributed by atoms with E-state index in [4.69, 9.17) is 27.9 Å². The molecule has 0 unspecified atom stereocenters. The Kier molecular flexibility index (Phi) is 7.13. The molecule has 11 heteroatoms. The fraction of sp³-hybridized carbons (Fsp3) is 0.118. The van der Waals surface area contributed by atoms with Crippen LogP contribution in [-0.4, -0.2) is 31.5 Å². The van der Waals surface area contributed by atoms with E-state index < -0.39 is 41.6 Å². The van der Waals surface area contributed by atoms with Crippen molar-refractivity contribution in [3.8, 4) is 5.75 Å². The highest BCUT2D eigenvalue weighted by Crippen LogP contribution is 2.22. The number of nitrogens with one attached hydrogen (secondary N) is 2. The Morgan fingerprint density at radius 1 is 1.00 bits per heavy atom. The summed E-state index contributed by atoms with van der Waals surface area (Å²) in [5.74, 6) is -5.11. The monoisotopic (exact) mass is 432 g/mol. The van der Waals surface area contributed by atoms with Crippen molar-refractivity contribution in [1.29, 1.82) is 0 Å². The molecular weight excluding hydrogens is 421 g/mol. The molecule has 28 heavy (non-hydrogen) atoms. The van der Waals surface area contributed by atoms with Crippen molar-refractivity contribution in [2.75, 3.05) is 13.7 Å². The predicted octanol–water partition coefficient (Wildman–Crippen LogP) is 2.90. The van der Waals surface area contributed by atoms with Crippen LogP contribution in [0.5, 0.6) is 5.75 Å². The van der Waals surface area contributed by atoms with Gasteiger partial charge in [0.2, 0.25) is 0 Å². The number of halogens is 4. The summed E-state index contributed by atoms with van der Waals surface area (Å²) in [6.07, 6.45) is 0. The van der Waals surface area contributed by atoms with Crippen LogP contribution < -0.4 is 15.6 Å². The second-order valence-electron chi connectivity index (χ2n) is 5.17. The van der Waals surface area contributed by atoms with Gasteiger partial charge in [-0.3, -0.25) is 20.4 Å². The minimum Gasteiger partial charge on any atom is -0.496 e. The summed E-state index contributed by atoms with van der Waals surface area (Å²) in [5, 5.41) is -0.111. The number of hydrogen-bond acceptors (Lipinski definition) is 5. The Balaban J connectivity index is 1.91. The first kappa shape index (κ1) is 21.4. The van der Waals surface area contributed by atoms with Crippen LogP contribution in [0.2, 0.25) is 10.0 Å². The first-order chi connectivity index (χ1) is 13.2. The van der Waals surface area contributed by atoms with Crippen LogP contribution in [-0.2, 0) is 9.53 Å². The molecule has 0 fully saturated rings. The first-order valence-corrected chi connectivity index (χ1v) is 8.23. The van der Waals surface area contributed by atoms with Crippen molar-refractivity contribution in [1.82, 2.24) is 10.9 Å².